The Morgan fingerprint density at radius 3 is 2.80 bits per heavy atom. The van der Waals surface area contributed by atoms with Crippen LogP contribution in [-0.2, 0) is 16.6 Å². The van der Waals surface area contributed by atoms with Gasteiger partial charge in [0.25, 0.3) is 10.0 Å². The number of H-pyrrole nitrogens is 1. The summed E-state index contributed by atoms with van der Waals surface area (Å²) in [4.78, 5) is 0.952. The highest BCUT2D eigenvalue weighted by molar-refractivity contribution is 7.89. The van der Waals surface area contributed by atoms with Crippen LogP contribution in [0.25, 0.3) is 0 Å². The molecular formula is C12H17N3O3S2. The van der Waals surface area contributed by atoms with E-state index in [1.165, 1.54) is 17.5 Å². The van der Waals surface area contributed by atoms with Gasteiger partial charge in [0.15, 0.2) is 5.03 Å². The van der Waals surface area contributed by atoms with Gasteiger partial charge in [0, 0.05) is 10.4 Å². The van der Waals surface area contributed by atoms with Crippen LogP contribution in [-0.4, -0.2) is 23.7 Å². The normalized spacial score (nSPS) is 13.8. The molecule has 0 aliphatic carbocycles. The highest BCUT2D eigenvalue weighted by Gasteiger charge is 2.27. The second-order valence-electron chi connectivity index (χ2n) is 4.74. The molecule has 110 valence electrons. The zero-order valence-corrected chi connectivity index (χ0v) is 12.8. The van der Waals surface area contributed by atoms with Crippen molar-refractivity contribution in [1.29, 1.82) is 0 Å². The van der Waals surface area contributed by atoms with Crippen molar-refractivity contribution in [2.75, 3.05) is 0 Å². The molecule has 1 unspecified atom stereocenters. The van der Waals surface area contributed by atoms with Crippen molar-refractivity contribution in [3.63, 3.8) is 0 Å². The van der Waals surface area contributed by atoms with E-state index in [0.717, 1.165) is 4.88 Å². The Hall–Kier alpha value is -1.22. The zero-order chi connectivity index (χ0) is 14.8. The van der Waals surface area contributed by atoms with Crippen LogP contribution in [0.15, 0.2) is 28.7 Å². The summed E-state index contributed by atoms with van der Waals surface area (Å²) in [5, 5.41) is 17.1. The first kappa shape index (κ1) is 15.2. The lowest BCUT2D eigenvalue weighted by Gasteiger charge is -2.20. The summed E-state index contributed by atoms with van der Waals surface area (Å²) >= 11 is 1.51. The molecule has 0 aliphatic rings. The van der Waals surface area contributed by atoms with Crippen molar-refractivity contribution in [3.8, 4) is 0 Å². The minimum Gasteiger partial charge on any atom is -0.392 e. The third-order valence-corrected chi connectivity index (χ3v) is 5.33. The summed E-state index contributed by atoms with van der Waals surface area (Å²) < 4.78 is 27.5. The number of rotatable bonds is 6. The van der Waals surface area contributed by atoms with Gasteiger partial charge in [-0.05, 0) is 17.4 Å². The van der Waals surface area contributed by atoms with Gasteiger partial charge < -0.3 is 5.11 Å². The number of aliphatic hydroxyl groups excluding tert-OH is 1. The van der Waals surface area contributed by atoms with Gasteiger partial charge in [0.05, 0.1) is 18.8 Å². The molecule has 2 aromatic rings. The Morgan fingerprint density at radius 2 is 2.25 bits per heavy atom. The van der Waals surface area contributed by atoms with Crippen molar-refractivity contribution >= 4 is 21.4 Å². The van der Waals surface area contributed by atoms with E-state index in [2.05, 4.69) is 14.9 Å². The van der Waals surface area contributed by atoms with E-state index >= 15 is 0 Å². The lowest BCUT2D eigenvalue weighted by molar-refractivity contribution is 0.278. The van der Waals surface area contributed by atoms with Crippen LogP contribution in [0.5, 0.6) is 0 Å². The second kappa shape index (κ2) is 6.04. The third-order valence-electron chi connectivity index (χ3n) is 2.92. The predicted molar refractivity (Wildman–Crippen MR) is 76.7 cm³/mol. The van der Waals surface area contributed by atoms with Crippen LogP contribution in [0, 0.1) is 5.92 Å². The molecule has 0 bridgehead atoms. The minimum atomic E-state index is -3.75. The summed E-state index contributed by atoms with van der Waals surface area (Å²) in [5.74, 6) is 0.101. The van der Waals surface area contributed by atoms with Gasteiger partial charge in [0.2, 0.25) is 0 Å². The van der Waals surface area contributed by atoms with Gasteiger partial charge in [-0.2, -0.15) is 5.10 Å². The highest BCUT2D eigenvalue weighted by atomic mass is 32.2. The lowest BCUT2D eigenvalue weighted by Crippen LogP contribution is -2.32. The average molecular weight is 315 g/mol. The molecule has 0 aromatic carbocycles. The molecule has 0 amide bonds. The number of aromatic amines is 1. The van der Waals surface area contributed by atoms with Crippen molar-refractivity contribution in [1.82, 2.24) is 14.9 Å². The van der Waals surface area contributed by atoms with Crippen molar-refractivity contribution in [2.45, 2.75) is 31.5 Å². The van der Waals surface area contributed by atoms with E-state index in [0.29, 0.717) is 0 Å². The Morgan fingerprint density at radius 1 is 1.50 bits per heavy atom. The minimum absolute atomic E-state index is 0.0813. The van der Waals surface area contributed by atoms with Gasteiger partial charge >= 0.3 is 0 Å². The van der Waals surface area contributed by atoms with E-state index in [1.807, 2.05) is 31.4 Å². The fourth-order valence-electron chi connectivity index (χ4n) is 1.86. The first-order valence-electron chi connectivity index (χ1n) is 6.14. The van der Waals surface area contributed by atoms with Crippen LogP contribution in [0.4, 0.5) is 0 Å². The molecule has 20 heavy (non-hydrogen) atoms. The Bertz CT molecular complexity index is 647. The summed E-state index contributed by atoms with van der Waals surface area (Å²) in [7, 11) is -3.75. The molecule has 0 saturated heterocycles. The Balaban J connectivity index is 2.31. The summed E-state index contributed by atoms with van der Waals surface area (Å²) in [5.41, 5.74) is 0.256. The molecule has 0 saturated carbocycles. The molecule has 3 N–H and O–H groups in total. The number of sulfonamides is 1. The maximum Gasteiger partial charge on any atom is 0.258 e. The van der Waals surface area contributed by atoms with Gasteiger partial charge in [-0.3, -0.25) is 5.10 Å². The Kier molecular flexibility index (Phi) is 4.59. The van der Waals surface area contributed by atoms with Gasteiger partial charge in [-0.1, -0.05) is 19.9 Å². The third kappa shape index (κ3) is 3.09. The second-order valence-corrected chi connectivity index (χ2v) is 7.37. The molecule has 0 radical (unpaired) electrons. The number of hydrogen-bond acceptors (Lipinski definition) is 5. The lowest BCUT2D eigenvalue weighted by atomic mass is 10.0. The molecule has 2 rings (SSSR count). The molecule has 2 aromatic heterocycles. The van der Waals surface area contributed by atoms with E-state index in [4.69, 9.17) is 5.11 Å². The van der Waals surface area contributed by atoms with E-state index in [1.54, 1.807) is 0 Å². The largest absolute Gasteiger partial charge is 0.392 e. The van der Waals surface area contributed by atoms with Crippen LogP contribution in [0.2, 0.25) is 0 Å². The number of nitrogens with zero attached hydrogens (tertiary/aromatic N) is 1. The fraction of sp³-hybridized carbons (Fsp3) is 0.417. The van der Waals surface area contributed by atoms with Crippen molar-refractivity contribution < 1.29 is 13.5 Å². The van der Waals surface area contributed by atoms with Crippen molar-refractivity contribution in [2.24, 2.45) is 5.92 Å². The van der Waals surface area contributed by atoms with Gasteiger partial charge in [-0.25, -0.2) is 13.1 Å². The molecule has 1 atom stereocenters. The van der Waals surface area contributed by atoms with Crippen molar-refractivity contribution in [3.05, 3.63) is 34.2 Å². The summed E-state index contributed by atoms with van der Waals surface area (Å²) in [6.45, 7) is 3.53. The summed E-state index contributed by atoms with van der Waals surface area (Å²) in [6.07, 6.45) is 1.31. The van der Waals surface area contributed by atoms with E-state index < -0.39 is 10.0 Å². The SMILES string of the molecule is CC(C)C(NS(=O)(=O)c1[nH]ncc1CO)c1cccs1. The number of thiophene rings is 1. The standard InChI is InChI=1S/C12H17N3O3S2/c1-8(2)11(10-4-3-5-19-10)15-20(17,18)12-9(7-16)6-13-14-12/h3-6,8,11,15-16H,7H2,1-2H3,(H,13,14). The fourth-order valence-corrected chi connectivity index (χ4v) is 4.37. The van der Waals surface area contributed by atoms with Crippen LogP contribution in [0.1, 0.15) is 30.3 Å². The smallest absolute Gasteiger partial charge is 0.258 e. The highest BCUT2D eigenvalue weighted by Crippen LogP contribution is 2.27. The maximum absolute atomic E-state index is 12.4. The first-order chi connectivity index (χ1) is 9.45. The quantitative estimate of drug-likeness (QED) is 0.755. The van der Waals surface area contributed by atoms with Crippen LogP contribution in [0.3, 0.4) is 0 Å². The monoisotopic (exact) mass is 315 g/mol. The number of aliphatic hydroxyl groups is 1. The van der Waals surface area contributed by atoms with E-state index in [-0.39, 0.29) is 29.2 Å². The van der Waals surface area contributed by atoms with Crippen LogP contribution < -0.4 is 4.72 Å². The molecule has 0 fully saturated rings. The molecule has 6 nitrogen and oxygen atoms in total. The topological polar surface area (TPSA) is 95.1 Å². The molecule has 0 spiro atoms. The average Bonchev–Trinajstić information content (AvgIpc) is 3.06. The molecule has 0 aliphatic heterocycles. The first-order valence-corrected chi connectivity index (χ1v) is 8.51. The van der Waals surface area contributed by atoms with E-state index in [9.17, 15) is 8.42 Å². The molecule has 2 heterocycles. The molecule has 8 heteroatoms. The Labute approximate surface area is 121 Å². The predicted octanol–water partition coefficient (Wildman–Crippen LogP) is 1.64. The van der Waals surface area contributed by atoms with Gasteiger partial charge in [0.1, 0.15) is 0 Å². The maximum atomic E-state index is 12.4. The number of aromatic nitrogens is 2. The van der Waals surface area contributed by atoms with Gasteiger partial charge in [-0.15, -0.1) is 11.3 Å². The number of hydrogen-bond donors (Lipinski definition) is 3. The summed E-state index contributed by atoms with van der Waals surface area (Å²) in [6, 6.07) is 3.48. The number of nitrogens with one attached hydrogen (secondary N) is 2. The van der Waals surface area contributed by atoms with Crippen LogP contribution >= 0.6 is 11.3 Å². The zero-order valence-electron chi connectivity index (χ0n) is 11.2. The molecular weight excluding hydrogens is 298 g/mol.